The summed E-state index contributed by atoms with van der Waals surface area (Å²) in [6, 6.07) is -0.913. The minimum atomic E-state index is -1.58. The number of nitrogens with zero attached hydrogens (tertiary/aromatic N) is 1. The second kappa shape index (κ2) is 4.09. The number of aliphatic carboxylic acids is 1. The molecule has 1 heterocycles. The van der Waals surface area contributed by atoms with Crippen LogP contribution in [0.3, 0.4) is 0 Å². The Morgan fingerprint density at radius 2 is 2.06 bits per heavy atom. The molecule has 1 amide bonds. The Bertz CT molecular complexity index is 343. The van der Waals surface area contributed by atoms with Gasteiger partial charge in [-0.2, -0.15) is 0 Å². The fourth-order valence-electron chi connectivity index (χ4n) is 1.77. The van der Waals surface area contributed by atoms with E-state index in [2.05, 4.69) is 4.74 Å². The van der Waals surface area contributed by atoms with Crippen LogP contribution in [0.1, 0.15) is 13.3 Å². The van der Waals surface area contributed by atoms with Gasteiger partial charge in [0.25, 0.3) is 0 Å². The maximum atomic E-state index is 11.4. The number of likely N-dealkylation sites (tertiary alicyclic amines) is 1. The van der Waals surface area contributed by atoms with Crippen LogP contribution in [0.15, 0.2) is 0 Å². The number of carboxylic acids is 1. The average Bonchev–Trinajstić information content (AvgIpc) is 2.57. The van der Waals surface area contributed by atoms with E-state index in [1.165, 1.54) is 14.0 Å². The van der Waals surface area contributed by atoms with Crippen molar-refractivity contribution in [2.45, 2.75) is 24.9 Å². The van der Waals surface area contributed by atoms with Crippen molar-refractivity contribution in [2.75, 3.05) is 13.7 Å². The van der Waals surface area contributed by atoms with Gasteiger partial charge in [-0.25, -0.2) is 4.79 Å². The summed E-state index contributed by atoms with van der Waals surface area (Å²) in [6.45, 7) is 1.07. The predicted octanol–water partition coefficient (Wildman–Crippen LogP) is -1.44. The van der Waals surface area contributed by atoms with Gasteiger partial charge < -0.3 is 20.5 Å². The Balaban J connectivity index is 2.97. The molecule has 1 rings (SSSR count). The molecule has 90 valence electrons. The second-order valence-electron chi connectivity index (χ2n) is 3.85. The number of carboxylic acid groups (broad SMARTS) is 1. The van der Waals surface area contributed by atoms with Crippen molar-refractivity contribution in [2.24, 2.45) is 5.73 Å². The molecule has 0 saturated carbocycles. The smallest absolute Gasteiger partial charge is 0.328 e. The minimum Gasteiger partial charge on any atom is -0.480 e. The third kappa shape index (κ3) is 1.99. The zero-order valence-electron chi connectivity index (χ0n) is 9.10. The number of carbonyl (C=O) groups excluding carboxylic acids is 2. The molecule has 0 bridgehead atoms. The number of esters is 1. The van der Waals surface area contributed by atoms with E-state index in [1.807, 2.05) is 0 Å². The molecule has 0 unspecified atom stereocenters. The van der Waals surface area contributed by atoms with Crippen molar-refractivity contribution in [3.63, 3.8) is 0 Å². The highest BCUT2D eigenvalue weighted by atomic mass is 16.5. The number of ether oxygens (including phenoxy) is 1. The summed E-state index contributed by atoms with van der Waals surface area (Å²) in [4.78, 5) is 34.7. The largest absolute Gasteiger partial charge is 0.480 e. The molecule has 1 aliphatic heterocycles. The normalized spacial score (nSPS) is 28.9. The number of methoxy groups -OCH3 is 1. The monoisotopic (exact) mass is 230 g/mol. The van der Waals surface area contributed by atoms with Crippen molar-refractivity contribution in [1.82, 2.24) is 4.90 Å². The molecular formula is C9H14N2O5. The van der Waals surface area contributed by atoms with E-state index in [0.717, 1.165) is 4.90 Å². The van der Waals surface area contributed by atoms with Crippen LogP contribution in [-0.4, -0.2) is 53.1 Å². The number of hydrogen-bond donors (Lipinski definition) is 2. The maximum absolute atomic E-state index is 11.4. The second-order valence-corrected chi connectivity index (χ2v) is 3.85. The molecule has 1 saturated heterocycles. The van der Waals surface area contributed by atoms with Crippen molar-refractivity contribution >= 4 is 17.8 Å². The lowest BCUT2D eigenvalue weighted by atomic mass is 9.98. The summed E-state index contributed by atoms with van der Waals surface area (Å²) in [6.07, 6.45) is -0.130. The van der Waals surface area contributed by atoms with Crippen LogP contribution in [-0.2, 0) is 19.1 Å². The van der Waals surface area contributed by atoms with Gasteiger partial charge in [0.05, 0.1) is 13.7 Å². The first-order valence-corrected chi connectivity index (χ1v) is 4.69. The van der Waals surface area contributed by atoms with Gasteiger partial charge in [0.2, 0.25) is 5.91 Å². The highest BCUT2D eigenvalue weighted by Crippen LogP contribution is 2.26. The van der Waals surface area contributed by atoms with E-state index < -0.39 is 29.4 Å². The molecule has 0 spiro atoms. The first-order chi connectivity index (χ1) is 7.31. The van der Waals surface area contributed by atoms with Gasteiger partial charge in [-0.05, 0) is 0 Å². The van der Waals surface area contributed by atoms with Crippen LogP contribution < -0.4 is 5.73 Å². The zero-order valence-corrected chi connectivity index (χ0v) is 9.10. The van der Waals surface area contributed by atoms with Crippen LogP contribution in [0.4, 0.5) is 0 Å². The molecule has 1 fully saturated rings. The number of rotatable bonds is 2. The molecule has 0 aromatic rings. The molecule has 2 atom stereocenters. The summed E-state index contributed by atoms with van der Waals surface area (Å²) in [7, 11) is 1.18. The van der Waals surface area contributed by atoms with Crippen LogP contribution in [0.2, 0.25) is 0 Å². The molecular weight excluding hydrogens is 216 g/mol. The number of amides is 1. The topological polar surface area (TPSA) is 110 Å². The standard InChI is InChI=1S/C9H14N2O5/c1-5(12)11-4-9(10,8(14)15)3-6(11)7(13)16-2/h6H,3-4,10H2,1-2H3,(H,14,15)/t6-,9-/m0/s1. The molecule has 3 N–H and O–H groups in total. The Morgan fingerprint density at radius 1 is 1.50 bits per heavy atom. The van der Waals surface area contributed by atoms with Gasteiger partial charge in [0, 0.05) is 13.3 Å². The average molecular weight is 230 g/mol. The number of carbonyl (C=O) groups is 3. The first kappa shape index (κ1) is 12.4. The quantitative estimate of drug-likeness (QED) is 0.562. The van der Waals surface area contributed by atoms with E-state index in [-0.39, 0.29) is 13.0 Å². The number of hydrogen-bond acceptors (Lipinski definition) is 5. The third-order valence-corrected chi connectivity index (χ3v) is 2.69. The lowest BCUT2D eigenvalue weighted by molar-refractivity contribution is -0.150. The van der Waals surface area contributed by atoms with Gasteiger partial charge in [-0.1, -0.05) is 0 Å². The minimum absolute atomic E-state index is 0.130. The lowest BCUT2D eigenvalue weighted by Gasteiger charge is -2.20. The fraction of sp³-hybridized carbons (Fsp3) is 0.667. The van der Waals surface area contributed by atoms with E-state index in [9.17, 15) is 14.4 Å². The highest BCUT2D eigenvalue weighted by Gasteiger charge is 2.50. The number of nitrogens with two attached hydrogens (primary N) is 1. The predicted molar refractivity (Wildman–Crippen MR) is 52.4 cm³/mol. The van der Waals surface area contributed by atoms with E-state index in [4.69, 9.17) is 10.8 Å². The van der Waals surface area contributed by atoms with E-state index >= 15 is 0 Å². The Hall–Kier alpha value is -1.63. The summed E-state index contributed by atoms with van der Waals surface area (Å²) >= 11 is 0. The van der Waals surface area contributed by atoms with Crippen LogP contribution in [0.5, 0.6) is 0 Å². The van der Waals surface area contributed by atoms with E-state index in [0.29, 0.717) is 0 Å². The van der Waals surface area contributed by atoms with Crippen molar-refractivity contribution in [3.05, 3.63) is 0 Å². The third-order valence-electron chi connectivity index (χ3n) is 2.69. The molecule has 7 heteroatoms. The Kier molecular flexibility index (Phi) is 3.18. The highest BCUT2D eigenvalue weighted by molar-refractivity contribution is 5.89. The van der Waals surface area contributed by atoms with Gasteiger partial charge in [-0.15, -0.1) is 0 Å². The molecule has 1 aliphatic rings. The van der Waals surface area contributed by atoms with Crippen molar-refractivity contribution in [3.8, 4) is 0 Å². The molecule has 0 aromatic heterocycles. The van der Waals surface area contributed by atoms with Gasteiger partial charge in [0.15, 0.2) is 0 Å². The summed E-state index contributed by atoms with van der Waals surface area (Å²) in [5, 5.41) is 8.93. The fourth-order valence-corrected chi connectivity index (χ4v) is 1.77. The van der Waals surface area contributed by atoms with Crippen molar-refractivity contribution < 1.29 is 24.2 Å². The molecule has 0 aromatic carbocycles. The Morgan fingerprint density at radius 3 is 2.44 bits per heavy atom. The maximum Gasteiger partial charge on any atom is 0.328 e. The Labute approximate surface area is 92.1 Å². The molecule has 0 aliphatic carbocycles. The van der Waals surface area contributed by atoms with Gasteiger partial charge in [0.1, 0.15) is 11.6 Å². The summed E-state index contributed by atoms with van der Waals surface area (Å²) in [5.41, 5.74) is 4.03. The van der Waals surface area contributed by atoms with Gasteiger partial charge in [-0.3, -0.25) is 9.59 Å². The SMILES string of the molecule is COC(=O)[C@@H]1C[C@@](N)(C(=O)O)CN1C(C)=O. The first-order valence-electron chi connectivity index (χ1n) is 4.69. The molecule has 0 radical (unpaired) electrons. The van der Waals surface area contributed by atoms with Crippen LogP contribution in [0.25, 0.3) is 0 Å². The van der Waals surface area contributed by atoms with Crippen LogP contribution >= 0.6 is 0 Å². The lowest BCUT2D eigenvalue weighted by Crippen LogP contribution is -2.50. The zero-order chi connectivity index (χ0) is 12.5. The van der Waals surface area contributed by atoms with E-state index in [1.54, 1.807) is 0 Å². The van der Waals surface area contributed by atoms with Crippen molar-refractivity contribution in [1.29, 1.82) is 0 Å². The molecule has 7 nitrogen and oxygen atoms in total. The summed E-state index contributed by atoms with van der Waals surface area (Å²) in [5.74, 6) is -2.28. The molecule has 16 heavy (non-hydrogen) atoms. The van der Waals surface area contributed by atoms with Gasteiger partial charge >= 0.3 is 11.9 Å². The summed E-state index contributed by atoms with van der Waals surface area (Å²) < 4.78 is 4.51. The van der Waals surface area contributed by atoms with Crippen LogP contribution in [0, 0.1) is 0 Å².